The van der Waals surface area contributed by atoms with E-state index in [9.17, 15) is 0 Å². The number of hydrogen-bond donors (Lipinski definition) is 1. The summed E-state index contributed by atoms with van der Waals surface area (Å²) in [5.41, 5.74) is 1.04. The van der Waals surface area contributed by atoms with Crippen molar-refractivity contribution in [2.24, 2.45) is 0 Å². The fourth-order valence-electron chi connectivity index (χ4n) is 2.10. The maximum Gasteiger partial charge on any atom is 0.169 e. The molecule has 1 atom stereocenters. The van der Waals surface area contributed by atoms with Gasteiger partial charge in [0.2, 0.25) is 0 Å². The molecule has 1 rings (SSSR count). The number of nitrogens with one attached hydrogen (secondary N) is 1. The Morgan fingerprint density at radius 1 is 1.05 bits per heavy atom. The van der Waals surface area contributed by atoms with Gasteiger partial charge in [-0.25, -0.2) is 0 Å². The van der Waals surface area contributed by atoms with Gasteiger partial charge >= 0.3 is 0 Å². The largest absolute Gasteiger partial charge is 0.497 e. The molecular formula is C16H27NO4. The lowest BCUT2D eigenvalue weighted by Crippen LogP contribution is -2.33. The van der Waals surface area contributed by atoms with Gasteiger partial charge in [0.25, 0.3) is 0 Å². The number of ether oxygens (including phenoxy) is 4. The molecule has 0 aliphatic carbocycles. The molecule has 0 aromatic heterocycles. The Kier molecular flexibility index (Phi) is 8.12. The topological polar surface area (TPSA) is 49.0 Å². The van der Waals surface area contributed by atoms with Crippen LogP contribution in [0.3, 0.4) is 0 Å². The molecule has 0 aliphatic heterocycles. The van der Waals surface area contributed by atoms with E-state index in [2.05, 4.69) is 12.2 Å². The molecule has 1 aromatic rings. The summed E-state index contributed by atoms with van der Waals surface area (Å²) in [6, 6.07) is 5.87. The summed E-state index contributed by atoms with van der Waals surface area (Å²) >= 11 is 0. The van der Waals surface area contributed by atoms with E-state index in [1.165, 1.54) is 0 Å². The Hall–Kier alpha value is -1.30. The fraction of sp³-hybridized carbons (Fsp3) is 0.625. The lowest BCUT2D eigenvalue weighted by atomic mass is 10.1. The van der Waals surface area contributed by atoms with Crippen molar-refractivity contribution in [3.05, 3.63) is 23.8 Å². The molecule has 0 radical (unpaired) electrons. The average Bonchev–Trinajstić information content (AvgIpc) is 2.52. The summed E-state index contributed by atoms with van der Waals surface area (Å²) < 4.78 is 21.7. The molecule has 0 heterocycles. The SMILES string of the molecule is CCOC(CNC(C)c1cc(OC)ccc1OC)OCC. The maximum absolute atomic E-state index is 5.53. The van der Waals surface area contributed by atoms with Crippen LogP contribution < -0.4 is 14.8 Å². The highest BCUT2D eigenvalue weighted by Gasteiger charge is 2.15. The lowest BCUT2D eigenvalue weighted by molar-refractivity contribution is -0.133. The minimum atomic E-state index is -0.237. The van der Waals surface area contributed by atoms with Crippen LogP contribution in [0.5, 0.6) is 11.5 Å². The number of rotatable bonds is 10. The Balaban J connectivity index is 2.71. The second-order valence-electron chi connectivity index (χ2n) is 4.58. The van der Waals surface area contributed by atoms with Crippen LogP contribution in [-0.4, -0.2) is 40.3 Å². The van der Waals surface area contributed by atoms with Crippen LogP contribution in [0, 0.1) is 0 Å². The van der Waals surface area contributed by atoms with Crippen molar-refractivity contribution in [1.82, 2.24) is 5.32 Å². The fourth-order valence-corrected chi connectivity index (χ4v) is 2.10. The molecule has 21 heavy (non-hydrogen) atoms. The third-order valence-corrected chi connectivity index (χ3v) is 3.20. The molecule has 1 aromatic carbocycles. The zero-order chi connectivity index (χ0) is 15.7. The molecule has 0 saturated heterocycles. The molecule has 1 unspecified atom stereocenters. The standard InChI is InChI=1S/C16H27NO4/c1-6-20-16(21-7-2)11-17-12(3)14-10-13(18-4)8-9-15(14)19-5/h8-10,12,16-17H,6-7,11H2,1-5H3. The van der Waals surface area contributed by atoms with E-state index >= 15 is 0 Å². The number of methoxy groups -OCH3 is 2. The summed E-state index contributed by atoms with van der Waals surface area (Å²) in [5.74, 6) is 1.64. The zero-order valence-electron chi connectivity index (χ0n) is 13.6. The maximum atomic E-state index is 5.53. The van der Waals surface area contributed by atoms with Crippen molar-refractivity contribution in [3.8, 4) is 11.5 Å². The van der Waals surface area contributed by atoms with Crippen molar-refractivity contribution < 1.29 is 18.9 Å². The first kappa shape index (κ1) is 17.8. The highest BCUT2D eigenvalue weighted by atomic mass is 16.7. The van der Waals surface area contributed by atoms with E-state index in [0.29, 0.717) is 19.8 Å². The summed E-state index contributed by atoms with van der Waals surface area (Å²) in [6.07, 6.45) is -0.237. The lowest BCUT2D eigenvalue weighted by Gasteiger charge is -2.22. The normalized spacial score (nSPS) is 12.5. The molecule has 0 amide bonds. The van der Waals surface area contributed by atoms with Crippen molar-refractivity contribution >= 4 is 0 Å². The van der Waals surface area contributed by atoms with Crippen LogP contribution in [-0.2, 0) is 9.47 Å². The minimum Gasteiger partial charge on any atom is -0.497 e. The second kappa shape index (κ2) is 9.60. The van der Waals surface area contributed by atoms with Gasteiger partial charge in [-0.2, -0.15) is 0 Å². The molecule has 0 saturated carbocycles. The second-order valence-corrected chi connectivity index (χ2v) is 4.58. The first-order valence-electron chi connectivity index (χ1n) is 7.34. The Labute approximate surface area is 127 Å². The van der Waals surface area contributed by atoms with Gasteiger partial charge < -0.3 is 24.3 Å². The van der Waals surface area contributed by atoms with Crippen LogP contribution in [0.25, 0.3) is 0 Å². The van der Waals surface area contributed by atoms with Crippen LogP contribution in [0.2, 0.25) is 0 Å². The van der Waals surface area contributed by atoms with Crippen LogP contribution in [0.4, 0.5) is 0 Å². The monoisotopic (exact) mass is 297 g/mol. The van der Waals surface area contributed by atoms with E-state index in [-0.39, 0.29) is 12.3 Å². The quantitative estimate of drug-likeness (QED) is 0.673. The van der Waals surface area contributed by atoms with Gasteiger partial charge in [-0.15, -0.1) is 0 Å². The molecular weight excluding hydrogens is 270 g/mol. The van der Waals surface area contributed by atoms with Gasteiger partial charge in [0.05, 0.1) is 14.2 Å². The molecule has 0 bridgehead atoms. The number of benzene rings is 1. The van der Waals surface area contributed by atoms with Gasteiger partial charge in [-0.3, -0.25) is 0 Å². The van der Waals surface area contributed by atoms with E-state index in [4.69, 9.17) is 18.9 Å². The third-order valence-electron chi connectivity index (χ3n) is 3.20. The first-order valence-corrected chi connectivity index (χ1v) is 7.34. The van der Waals surface area contributed by atoms with Crippen molar-refractivity contribution in [2.45, 2.75) is 33.1 Å². The van der Waals surface area contributed by atoms with E-state index in [1.54, 1.807) is 14.2 Å². The van der Waals surface area contributed by atoms with E-state index in [1.807, 2.05) is 32.0 Å². The first-order chi connectivity index (χ1) is 10.2. The molecule has 0 aliphatic rings. The molecule has 5 heteroatoms. The molecule has 1 N–H and O–H groups in total. The molecule has 0 spiro atoms. The third kappa shape index (κ3) is 5.53. The Morgan fingerprint density at radius 2 is 1.71 bits per heavy atom. The van der Waals surface area contributed by atoms with E-state index < -0.39 is 0 Å². The van der Waals surface area contributed by atoms with Crippen molar-refractivity contribution in [1.29, 1.82) is 0 Å². The summed E-state index contributed by atoms with van der Waals surface area (Å²) in [6.45, 7) is 7.86. The molecule has 5 nitrogen and oxygen atoms in total. The van der Waals surface area contributed by atoms with Gasteiger partial charge in [0.15, 0.2) is 6.29 Å². The Morgan fingerprint density at radius 3 is 2.24 bits per heavy atom. The summed E-state index contributed by atoms with van der Waals surface area (Å²) in [7, 11) is 3.32. The smallest absolute Gasteiger partial charge is 0.169 e. The molecule has 0 fully saturated rings. The zero-order valence-corrected chi connectivity index (χ0v) is 13.6. The average molecular weight is 297 g/mol. The van der Waals surface area contributed by atoms with Gasteiger partial charge in [0, 0.05) is 31.4 Å². The summed E-state index contributed by atoms with van der Waals surface area (Å²) in [5, 5.41) is 3.41. The minimum absolute atomic E-state index is 0.0958. The Bertz CT molecular complexity index is 405. The summed E-state index contributed by atoms with van der Waals surface area (Å²) in [4.78, 5) is 0. The van der Waals surface area contributed by atoms with Crippen molar-refractivity contribution in [2.75, 3.05) is 34.0 Å². The van der Waals surface area contributed by atoms with Crippen molar-refractivity contribution in [3.63, 3.8) is 0 Å². The van der Waals surface area contributed by atoms with Crippen LogP contribution >= 0.6 is 0 Å². The van der Waals surface area contributed by atoms with Gasteiger partial charge in [0.1, 0.15) is 11.5 Å². The van der Waals surface area contributed by atoms with Crippen LogP contribution in [0.15, 0.2) is 18.2 Å². The predicted octanol–water partition coefficient (Wildman–Crippen LogP) is 2.75. The predicted molar refractivity (Wildman–Crippen MR) is 83.0 cm³/mol. The van der Waals surface area contributed by atoms with Gasteiger partial charge in [-0.05, 0) is 39.0 Å². The highest BCUT2D eigenvalue weighted by molar-refractivity contribution is 5.42. The molecule has 120 valence electrons. The van der Waals surface area contributed by atoms with Gasteiger partial charge in [-0.1, -0.05) is 0 Å². The van der Waals surface area contributed by atoms with E-state index in [0.717, 1.165) is 17.1 Å². The number of hydrogen-bond acceptors (Lipinski definition) is 5. The highest BCUT2D eigenvalue weighted by Crippen LogP contribution is 2.29. The van der Waals surface area contributed by atoms with Crippen LogP contribution in [0.1, 0.15) is 32.4 Å².